The van der Waals surface area contributed by atoms with Crippen molar-refractivity contribution in [3.8, 4) is 5.75 Å². The molecule has 6 nitrogen and oxygen atoms in total. The van der Waals surface area contributed by atoms with E-state index in [1.807, 2.05) is 0 Å². The van der Waals surface area contributed by atoms with Crippen LogP contribution in [-0.2, 0) is 14.8 Å². The molecule has 2 aromatic rings. The maximum Gasteiger partial charge on any atom is 0.258 e. The molecule has 0 aliphatic carbocycles. The quantitative estimate of drug-likeness (QED) is 0.735. The Bertz CT molecular complexity index is 872. The normalized spacial score (nSPS) is 12.5. The predicted octanol–water partition coefficient (Wildman–Crippen LogP) is 2.49. The van der Waals surface area contributed by atoms with Gasteiger partial charge in [0.1, 0.15) is 0 Å². The first-order chi connectivity index (χ1) is 11.7. The van der Waals surface area contributed by atoms with Gasteiger partial charge in [-0.15, -0.1) is 0 Å². The molecule has 0 radical (unpaired) electrons. The van der Waals surface area contributed by atoms with Crippen molar-refractivity contribution in [2.75, 3.05) is 6.61 Å². The molecule has 0 saturated carbocycles. The van der Waals surface area contributed by atoms with Gasteiger partial charge >= 0.3 is 0 Å². The van der Waals surface area contributed by atoms with Crippen LogP contribution in [0, 0.1) is 5.82 Å². The largest absolute Gasteiger partial charge is 0.481 e. The van der Waals surface area contributed by atoms with Crippen LogP contribution in [0.4, 0.5) is 4.39 Å². The van der Waals surface area contributed by atoms with E-state index in [1.165, 1.54) is 24.3 Å². The molecule has 134 valence electrons. The van der Waals surface area contributed by atoms with Gasteiger partial charge < -0.3 is 10.1 Å². The van der Waals surface area contributed by atoms with E-state index >= 15 is 0 Å². The fraction of sp³-hybridized carbons (Fsp3) is 0.188. The van der Waals surface area contributed by atoms with Crippen LogP contribution < -0.4 is 15.2 Å². The maximum absolute atomic E-state index is 13.6. The number of primary sulfonamides is 1. The first kappa shape index (κ1) is 19.4. The smallest absolute Gasteiger partial charge is 0.258 e. The summed E-state index contributed by atoms with van der Waals surface area (Å²) in [5, 5.41) is 7.71. The Labute approximate surface area is 153 Å². The van der Waals surface area contributed by atoms with Crippen LogP contribution in [-0.4, -0.2) is 20.9 Å². The van der Waals surface area contributed by atoms with Crippen molar-refractivity contribution in [1.82, 2.24) is 5.32 Å². The van der Waals surface area contributed by atoms with Gasteiger partial charge in [0.05, 0.1) is 10.9 Å². The zero-order chi connectivity index (χ0) is 18.6. The molecule has 2 aromatic carbocycles. The molecule has 0 aliphatic heterocycles. The Kier molecular flexibility index (Phi) is 6.15. The summed E-state index contributed by atoms with van der Waals surface area (Å²) >= 11 is 3.13. The van der Waals surface area contributed by atoms with Crippen molar-refractivity contribution >= 4 is 31.9 Å². The summed E-state index contributed by atoms with van der Waals surface area (Å²) in [6, 6.07) is 9.71. The minimum Gasteiger partial charge on any atom is -0.481 e. The van der Waals surface area contributed by atoms with Crippen molar-refractivity contribution in [2.45, 2.75) is 17.9 Å². The van der Waals surface area contributed by atoms with Gasteiger partial charge in [0, 0.05) is 4.47 Å². The number of halogens is 2. The zero-order valence-electron chi connectivity index (χ0n) is 13.2. The third-order valence-corrected chi connectivity index (χ3v) is 4.76. The molecule has 9 heteroatoms. The molecule has 1 amide bonds. The molecule has 2 rings (SSSR count). The molecular formula is C16H16BrFN2O4S. The van der Waals surface area contributed by atoms with E-state index in [0.29, 0.717) is 10.0 Å². The number of amides is 1. The lowest BCUT2D eigenvalue weighted by atomic mass is 10.1. The van der Waals surface area contributed by atoms with Crippen LogP contribution in [0.2, 0.25) is 0 Å². The number of nitrogens with two attached hydrogens (primary N) is 1. The second kappa shape index (κ2) is 7.94. The summed E-state index contributed by atoms with van der Waals surface area (Å²) in [5.41, 5.74) is 0.690. The number of nitrogens with one attached hydrogen (secondary N) is 1. The van der Waals surface area contributed by atoms with Gasteiger partial charge in [-0.1, -0.05) is 28.1 Å². The van der Waals surface area contributed by atoms with E-state index in [2.05, 4.69) is 21.2 Å². The first-order valence-corrected chi connectivity index (χ1v) is 9.51. The second-order valence-corrected chi connectivity index (χ2v) is 7.74. The number of carbonyl (C=O) groups is 1. The molecule has 0 saturated heterocycles. The Morgan fingerprint density at radius 2 is 1.92 bits per heavy atom. The highest BCUT2D eigenvalue weighted by Gasteiger charge is 2.13. The van der Waals surface area contributed by atoms with E-state index in [-0.39, 0.29) is 23.3 Å². The number of hydrogen-bond acceptors (Lipinski definition) is 4. The van der Waals surface area contributed by atoms with Crippen molar-refractivity contribution in [1.29, 1.82) is 0 Å². The van der Waals surface area contributed by atoms with Crippen molar-refractivity contribution < 1.29 is 22.3 Å². The Morgan fingerprint density at radius 1 is 1.28 bits per heavy atom. The number of carbonyl (C=O) groups excluding carboxylic acids is 1. The van der Waals surface area contributed by atoms with Gasteiger partial charge in [-0.3, -0.25) is 4.79 Å². The van der Waals surface area contributed by atoms with Crippen molar-refractivity contribution in [3.63, 3.8) is 0 Å². The highest BCUT2D eigenvalue weighted by atomic mass is 79.9. The molecule has 0 bridgehead atoms. The molecule has 0 aliphatic rings. The van der Waals surface area contributed by atoms with Crippen molar-refractivity contribution in [3.05, 3.63) is 58.3 Å². The van der Waals surface area contributed by atoms with Crippen LogP contribution in [0.15, 0.2) is 51.8 Å². The van der Waals surface area contributed by atoms with Crippen LogP contribution >= 0.6 is 15.9 Å². The van der Waals surface area contributed by atoms with Gasteiger partial charge in [-0.2, -0.15) is 0 Å². The highest BCUT2D eigenvalue weighted by molar-refractivity contribution is 9.10. The van der Waals surface area contributed by atoms with Gasteiger partial charge in [0.25, 0.3) is 5.91 Å². The Balaban J connectivity index is 1.93. The molecular weight excluding hydrogens is 415 g/mol. The SMILES string of the molecule is CC(NC(=O)COc1ccc(Br)cc1F)c1ccc(S(N)(=O)=O)cc1. The number of benzene rings is 2. The molecule has 0 heterocycles. The summed E-state index contributed by atoms with van der Waals surface area (Å²) in [6.07, 6.45) is 0. The lowest BCUT2D eigenvalue weighted by Crippen LogP contribution is -2.31. The summed E-state index contributed by atoms with van der Waals surface area (Å²) in [6.45, 7) is 1.38. The number of ether oxygens (including phenoxy) is 1. The topological polar surface area (TPSA) is 98.5 Å². The lowest BCUT2D eigenvalue weighted by molar-refractivity contribution is -0.123. The second-order valence-electron chi connectivity index (χ2n) is 5.27. The first-order valence-electron chi connectivity index (χ1n) is 7.17. The average molecular weight is 431 g/mol. The minimum absolute atomic E-state index is 0.0103. The molecule has 3 N–H and O–H groups in total. The number of hydrogen-bond donors (Lipinski definition) is 2. The predicted molar refractivity (Wildman–Crippen MR) is 94.0 cm³/mol. The van der Waals surface area contributed by atoms with Gasteiger partial charge in [0.15, 0.2) is 18.2 Å². The summed E-state index contributed by atoms with van der Waals surface area (Å²) in [5.74, 6) is -1.04. The minimum atomic E-state index is -3.76. The van der Waals surface area contributed by atoms with E-state index in [9.17, 15) is 17.6 Å². The third-order valence-electron chi connectivity index (χ3n) is 3.34. The summed E-state index contributed by atoms with van der Waals surface area (Å²) in [7, 11) is -3.76. The van der Waals surface area contributed by atoms with E-state index in [0.717, 1.165) is 0 Å². The van der Waals surface area contributed by atoms with E-state index < -0.39 is 21.7 Å². The summed E-state index contributed by atoms with van der Waals surface area (Å²) in [4.78, 5) is 11.9. The highest BCUT2D eigenvalue weighted by Crippen LogP contribution is 2.21. The number of sulfonamides is 1. The van der Waals surface area contributed by atoms with Gasteiger partial charge in [-0.05, 0) is 42.8 Å². The molecule has 1 atom stereocenters. The lowest BCUT2D eigenvalue weighted by Gasteiger charge is -2.15. The van der Waals surface area contributed by atoms with Crippen LogP contribution in [0.1, 0.15) is 18.5 Å². The van der Waals surface area contributed by atoms with Crippen LogP contribution in [0.3, 0.4) is 0 Å². The Morgan fingerprint density at radius 3 is 2.48 bits per heavy atom. The third kappa shape index (κ3) is 5.52. The molecule has 0 fully saturated rings. The van der Waals surface area contributed by atoms with Gasteiger partial charge in [-0.25, -0.2) is 17.9 Å². The monoisotopic (exact) mass is 430 g/mol. The maximum atomic E-state index is 13.6. The van der Waals surface area contributed by atoms with Gasteiger partial charge in [0.2, 0.25) is 10.0 Å². The fourth-order valence-corrected chi connectivity index (χ4v) is 2.90. The van der Waals surface area contributed by atoms with E-state index in [1.54, 1.807) is 25.1 Å². The summed E-state index contributed by atoms with van der Waals surface area (Å²) < 4.78 is 41.8. The van der Waals surface area contributed by atoms with Crippen LogP contribution in [0.25, 0.3) is 0 Å². The zero-order valence-corrected chi connectivity index (χ0v) is 15.6. The number of rotatable bonds is 6. The fourth-order valence-electron chi connectivity index (χ4n) is 2.05. The molecule has 1 unspecified atom stereocenters. The van der Waals surface area contributed by atoms with E-state index in [4.69, 9.17) is 9.88 Å². The molecule has 25 heavy (non-hydrogen) atoms. The molecule has 0 aromatic heterocycles. The average Bonchev–Trinajstić information content (AvgIpc) is 2.53. The Hall–Kier alpha value is -1.97. The molecule has 0 spiro atoms. The van der Waals surface area contributed by atoms with Crippen LogP contribution in [0.5, 0.6) is 5.75 Å². The standard InChI is InChI=1S/C16H16BrFN2O4S/c1-10(11-2-5-13(6-3-11)25(19,22)23)20-16(21)9-24-15-7-4-12(17)8-14(15)18/h2-8,10H,9H2,1H3,(H,20,21)(H2,19,22,23). The van der Waals surface area contributed by atoms with Crippen molar-refractivity contribution in [2.24, 2.45) is 5.14 Å².